The van der Waals surface area contributed by atoms with Crippen LogP contribution >= 0.6 is 0 Å². The molecule has 5 rings (SSSR count). The van der Waals surface area contributed by atoms with Gasteiger partial charge in [0, 0.05) is 24.5 Å². The van der Waals surface area contributed by atoms with E-state index in [0.717, 1.165) is 58.0 Å². The lowest BCUT2D eigenvalue weighted by molar-refractivity contribution is -0.139. The van der Waals surface area contributed by atoms with Crippen molar-refractivity contribution in [2.45, 2.75) is 57.0 Å². The molecule has 5 heteroatoms. The number of carbonyl (C=O) groups excluding carboxylic acids is 2. The Hall–Kier alpha value is -1.10. The average Bonchev–Trinajstić information content (AvgIpc) is 2.62. The van der Waals surface area contributed by atoms with Crippen LogP contribution in [0.4, 0.5) is 0 Å². The molecule has 0 aromatic carbocycles. The van der Waals surface area contributed by atoms with Gasteiger partial charge in [-0.1, -0.05) is 0 Å². The molecular formula is C16H25N3O2. The van der Waals surface area contributed by atoms with Crippen molar-refractivity contribution in [1.82, 2.24) is 16.0 Å². The van der Waals surface area contributed by atoms with Crippen molar-refractivity contribution in [3.63, 3.8) is 0 Å². The van der Waals surface area contributed by atoms with Gasteiger partial charge in [0.2, 0.25) is 11.8 Å². The molecular weight excluding hydrogens is 266 g/mol. The highest BCUT2D eigenvalue weighted by Crippen LogP contribution is 2.53. The van der Waals surface area contributed by atoms with Crippen LogP contribution in [0.25, 0.3) is 0 Å². The Morgan fingerprint density at radius 2 is 2.14 bits per heavy atom. The van der Waals surface area contributed by atoms with Crippen LogP contribution < -0.4 is 16.0 Å². The van der Waals surface area contributed by atoms with Gasteiger partial charge in [0.05, 0.1) is 5.41 Å². The van der Waals surface area contributed by atoms with Crippen molar-refractivity contribution in [3.05, 3.63) is 0 Å². The van der Waals surface area contributed by atoms with Crippen molar-refractivity contribution in [2.75, 3.05) is 13.1 Å². The summed E-state index contributed by atoms with van der Waals surface area (Å²) in [6.07, 6.45) is 6.86. The Kier molecular flexibility index (Phi) is 3.21. The number of rotatable bonds is 2. The number of hydrogen-bond acceptors (Lipinski definition) is 3. The standard InChI is InChI=1S/C16H25N3O2/c20-14-11-4-10-5-13(18-14)8-16(6-10,7-11)15(21)19-12-2-1-3-17-9-12/h10-13,17H,1-9H2,(H,18,20)(H,19,21)/t10?,11?,12-,13?,16?/m0/s1. The van der Waals surface area contributed by atoms with Gasteiger partial charge in [-0.2, -0.15) is 0 Å². The minimum atomic E-state index is -0.285. The fourth-order valence-corrected chi connectivity index (χ4v) is 5.20. The van der Waals surface area contributed by atoms with Gasteiger partial charge in [0.15, 0.2) is 0 Å². The topological polar surface area (TPSA) is 70.2 Å². The predicted molar refractivity (Wildman–Crippen MR) is 78.5 cm³/mol. The van der Waals surface area contributed by atoms with E-state index in [2.05, 4.69) is 16.0 Å². The van der Waals surface area contributed by atoms with Crippen LogP contribution in [0.1, 0.15) is 44.9 Å². The molecule has 0 radical (unpaired) electrons. The molecule has 4 unspecified atom stereocenters. The largest absolute Gasteiger partial charge is 0.353 e. The summed E-state index contributed by atoms with van der Waals surface area (Å²) in [5.74, 6) is 1.02. The van der Waals surface area contributed by atoms with E-state index < -0.39 is 0 Å². The first-order chi connectivity index (χ1) is 10.1. The third kappa shape index (κ3) is 2.35. The molecule has 2 aliphatic carbocycles. The summed E-state index contributed by atoms with van der Waals surface area (Å²) in [6, 6.07) is 0.489. The highest BCUT2D eigenvalue weighted by molar-refractivity contribution is 5.87. The molecule has 5 fully saturated rings. The highest BCUT2D eigenvalue weighted by atomic mass is 16.2. The van der Waals surface area contributed by atoms with Gasteiger partial charge in [-0.15, -0.1) is 0 Å². The summed E-state index contributed by atoms with van der Waals surface area (Å²) in [6.45, 7) is 1.94. The second kappa shape index (κ2) is 4.97. The Labute approximate surface area is 125 Å². The summed E-state index contributed by atoms with van der Waals surface area (Å²) in [5.41, 5.74) is -0.285. The monoisotopic (exact) mass is 291 g/mol. The number of amides is 2. The summed E-state index contributed by atoms with van der Waals surface area (Å²) < 4.78 is 0. The third-order valence-electron chi connectivity index (χ3n) is 6.02. The smallest absolute Gasteiger partial charge is 0.226 e. The molecule has 4 bridgehead atoms. The minimum Gasteiger partial charge on any atom is -0.353 e. The van der Waals surface area contributed by atoms with E-state index in [1.165, 1.54) is 0 Å². The second-order valence-electron chi connectivity index (χ2n) is 7.65. The Morgan fingerprint density at radius 1 is 1.24 bits per heavy atom. The van der Waals surface area contributed by atoms with Crippen molar-refractivity contribution >= 4 is 11.8 Å². The van der Waals surface area contributed by atoms with Crippen LogP contribution in [-0.2, 0) is 9.59 Å². The molecule has 3 heterocycles. The highest BCUT2D eigenvalue weighted by Gasteiger charge is 2.55. The van der Waals surface area contributed by atoms with Crippen LogP contribution in [-0.4, -0.2) is 37.0 Å². The first-order valence-electron chi connectivity index (χ1n) is 8.47. The third-order valence-corrected chi connectivity index (χ3v) is 6.02. The van der Waals surface area contributed by atoms with Gasteiger partial charge in [-0.05, 0) is 57.4 Å². The zero-order valence-electron chi connectivity index (χ0n) is 12.5. The van der Waals surface area contributed by atoms with Crippen molar-refractivity contribution in [1.29, 1.82) is 0 Å². The van der Waals surface area contributed by atoms with Gasteiger partial charge < -0.3 is 16.0 Å². The maximum absolute atomic E-state index is 12.9. The number of hydrogen-bond donors (Lipinski definition) is 3. The molecule has 2 saturated carbocycles. The van der Waals surface area contributed by atoms with Crippen LogP contribution in [0.3, 0.4) is 0 Å². The molecule has 3 N–H and O–H groups in total. The summed E-state index contributed by atoms with van der Waals surface area (Å²) in [7, 11) is 0. The molecule has 3 aliphatic heterocycles. The summed E-state index contributed by atoms with van der Waals surface area (Å²) >= 11 is 0. The molecule has 21 heavy (non-hydrogen) atoms. The van der Waals surface area contributed by atoms with Gasteiger partial charge in [-0.3, -0.25) is 9.59 Å². The molecule has 0 aromatic heterocycles. The molecule has 5 atom stereocenters. The van der Waals surface area contributed by atoms with Crippen LogP contribution in [0.2, 0.25) is 0 Å². The van der Waals surface area contributed by atoms with Gasteiger partial charge >= 0.3 is 0 Å². The van der Waals surface area contributed by atoms with E-state index in [4.69, 9.17) is 0 Å². The first kappa shape index (κ1) is 13.6. The zero-order valence-corrected chi connectivity index (χ0v) is 12.5. The number of nitrogens with one attached hydrogen (secondary N) is 3. The first-order valence-corrected chi connectivity index (χ1v) is 8.47. The Balaban J connectivity index is 1.52. The van der Waals surface area contributed by atoms with Crippen LogP contribution in [0.15, 0.2) is 0 Å². The van der Waals surface area contributed by atoms with Crippen molar-refractivity contribution in [3.8, 4) is 0 Å². The summed E-state index contributed by atoms with van der Waals surface area (Å²) in [4.78, 5) is 25.1. The van der Waals surface area contributed by atoms with E-state index in [0.29, 0.717) is 5.92 Å². The zero-order chi connectivity index (χ0) is 14.4. The summed E-state index contributed by atoms with van der Waals surface area (Å²) in [5, 5.41) is 9.78. The predicted octanol–water partition coefficient (Wildman–Crippen LogP) is 0.549. The van der Waals surface area contributed by atoms with E-state index in [1.807, 2.05) is 0 Å². The molecule has 3 saturated heterocycles. The number of piperidine rings is 1. The maximum atomic E-state index is 12.9. The Bertz CT molecular complexity index is 460. The van der Waals surface area contributed by atoms with Crippen LogP contribution in [0, 0.1) is 17.3 Å². The Morgan fingerprint density at radius 3 is 2.95 bits per heavy atom. The molecule has 0 aromatic rings. The quantitative estimate of drug-likeness (QED) is 0.696. The normalized spacial score (nSPS) is 45.0. The second-order valence-corrected chi connectivity index (χ2v) is 7.65. The van der Waals surface area contributed by atoms with Crippen molar-refractivity contribution in [2.24, 2.45) is 17.3 Å². The van der Waals surface area contributed by atoms with E-state index in [9.17, 15) is 9.59 Å². The minimum absolute atomic E-state index is 0.0616. The van der Waals surface area contributed by atoms with E-state index in [1.54, 1.807) is 0 Å². The van der Waals surface area contributed by atoms with E-state index >= 15 is 0 Å². The van der Waals surface area contributed by atoms with Crippen LogP contribution in [0.5, 0.6) is 0 Å². The van der Waals surface area contributed by atoms with Gasteiger partial charge in [0.1, 0.15) is 0 Å². The number of fused-ring (bicyclic) bond motifs is 1. The molecule has 116 valence electrons. The molecule has 0 spiro atoms. The van der Waals surface area contributed by atoms with Gasteiger partial charge in [-0.25, -0.2) is 0 Å². The average molecular weight is 291 g/mol. The fourth-order valence-electron chi connectivity index (χ4n) is 5.20. The van der Waals surface area contributed by atoms with E-state index in [-0.39, 0.29) is 35.2 Å². The lowest BCUT2D eigenvalue weighted by Gasteiger charge is -2.46. The molecule has 5 aliphatic rings. The lowest BCUT2D eigenvalue weighted by atomic mass is 9.58. The SMILES string of the molecule is O=C1NC2CC3CC1CC(C(=O)N[C@H]1CCCNC1)(C3)C2. The number of carbonyl (C=O) groups is 2. The van der Waals surface area contributed by atoms with Crippen molar-refractivity contribution < 1.29 is 9.59 Å². The molecule has 5 nitrogen and oxygen atoms in total. The maximum Gasteiger partial charge on any atom is 0.226 e. The molecule has 2 amide bonds. The lowest BCUT2D eigenvalue weighted by Crippen LogP contribution is -2.55. The van der Waals surface area contributed by atoms with Gasteiger partial charge in [0.25, 0.3) is 0 Å². The fraction of sp³-hybridized carbons (Fsp3) is 0.875.